The van der Waals surface area contributed by atoms with Crippen LogP contribution in [0.15, 0.2) is 132 Å². The van der Waals surface area contributed by atoms with E-state index in [0.717, 1.165) is 21.9 Å². The van der Waals surface area contributed by atoms with Gasteiger partial charge in [0, 0.05) is 60.8 Å². The van der Waals surface area contributed by atoms with Gasteiger partial charge >= 0.3 is 6.85 Å². The van der Waals surface area contributed by atoms with Crippen LogP contribution in [0, 0.1) is 0 Å². The lowest BCUT2D eigenvalue weighted by atomic mass is 9.44. The molecule has 0 fully saturated rings. The summed E-state index contributed by atoms with van der Waals surface area (Å²) in [6.45, 7) is 28.4. The standard InChI is InChI=1S/C60H57BN2O/c1-57(2,3)34-28-35(58(4,5)6)30-36(29-34)62-48-32-44-43(52(59(7,8)9)39-22-13-14-23-40(39)53(44)60(10,11)12)31-46(48)61-54-49(62)33-45-38-21-16-18-27-50(38)64-56(45)51(54)42-25-19-24-41-37-20-15-17-26-47(37)63(61)55(41)42/h13-33H,1-12H3. The molecule has 0 saturated heterocycles. The van der Waals surface area contributed by atoms with Crippen molar-refractivity contribution in [2.45, 2.75) is 105 Å². The van der Waals surface area contributed by atoms with Crippen molar-refractivity contribution in [3.63, 3.8) is 0 Å². The average molecular weight is 833 g/mol. The van der Waals surface area contributed by atoms with Gasteiger partial charge in [-0.25, -0.2) is 0 Å². The smallest absolute Gasteiger partial charge is 0.333 e. The number of fused-ring (bicyclic) bond motifs is 13. The van der Waals surface area contributed by atoms with Gasteiger partial charge in [-0.3, -0.25) is 0 Å². The van der Waals surface area contributed by atoms with Crippen LogP contribution in [0.4, 0.5) is 17.1 Å². The lowest BCUT2D eigenvalue weighted by Gasteiger charge is -2.42. The summed E-state index contributed by atoms with van der Waals surface area (Å²) in [4.78, 5) is 2.66. The first-order valence-corrected chi connectivity index (χ1v) is 23.3. The Hall–Kier alpha value is -6.26. The van der Waals surface area contributed by atoms with Crippen LogP contribution in [0.2, 0.25) is 0 Å². The van der Waals surface area contributed by atoms with Crippen molar-refractivity contribution in [3.8, 4) is 11.1 Å². The summed E-state index contributed by atoms with van der Waals surface area (Å²) in [5, 5.41) is 10.2. The monoisotopic (exact) mass is 832 g/mol. The van der Waals surface area contributed by atoms with Crippen molar-refractivity contribution < 1.29 is 4.42 Å². The molecule has 4 heterocycles. The van der Waals surface area contributed by atoms with Crippen molar-refractivity contribution in [2.24, 2.45) is 0 Å². The van der Waals surface area contributed by atoms with Gasteiger partial charge < -0.3 is 13.8 Å². The van der Waals surface area contributed by atoms with Crippen LogP contribution < -0.4 is 15.8 Å². The first-order valence-electron chi connectivity index (χ1n) is 23.3. The molecule has 4 heteroatoms. The summed E-state index contributed by atoms with van der Waals surface area (Å²) in [5.74, 6) is 0. The first-order chi connectivity index (χ1) is 30.3. The van der Waals surface area contributed by atoms with E-state index in [1.165, 1.54) is 105 Å². The molecule has 12 rings (SSSR count). The van der Waals surface area contributed by atoms with Gasteiger partial charge in [-0.2, -0.15) is 0 Å². The Balaban J connectivity index is 1.36. The number of hydrogen-bond acceptors (Lipinski definition) is 2. The Morgan fingerprint density at radius 3 is 1.62 bits per heavy atom. The molecule has 10 aromatic rings. The summed E-state index contributed by atoms with van der Waals surface area (Å²) >= 11 is 0. The summed E-state index contributed by atoms with van der Waals surface area (Å²) < 4.78 is 9.80. The zero-order chi connectivity index (χ0) is 44.6. The number of hydrogen-bond donors (Lipinski definition) is 0. The lowest BCUT2D eigenvalue weighted by molar-refractivity contribution is 0.569. The van der Waals surface area contributed by atoms with Crippen LogP contribution in [0.3, 0.4) is 0 Å². The molecule has 3 nitrogen and oxygen atoms in total. The highest BCUT2D eigenvalue weighted by atomic mass is 16.3. The van der Waals surface area contributed by atoms with Gasteiger partial charge in [0.05, 0.1) is 0 Å². The van der Waals surface area contributed by atoms with Crippen LogP contribution in [0.25, 0.3) is 76.4 Å². The Labute approximate surface area is 377 Å². The van der Waals surface area contributed by atoms with Gasteiger partial charge in [0.25, 0.3) is 0 Å². The van der Waals surface area contributed by atoms with Crippen LogP contribution in [-0.2, 0) is 21.7 Å². The average Bonchev–Trinajstić information content (AvgIpc) is 3.78. The summed E-state index contributed by atoms with van der Waals surface area (Å²) in [7, 11) is 0. The van der Waals surface area contributed by atoms with Gasteiger partial charge in [0.1, 0.15) is 11.2 Å². The molecular formula is C60H57BN2O. The Morgan fingerprint density at radius 1 is 0.453 bits per heavy atom. The van der Waals surface area contributed by atoms with E-state index in [-0.39, 0.29) is 28.5 Å². The molecule has 2 aromatic heterocycles. The summed E-state index contributed by atoms with van der Waals surface area (Å²) in [6.07, 6.45) is 0. The second-order valence-corrected chi connectivity index (χ2v) is 23.0. The molecule has 0 radical (unpaired) electrons. The minimum atomic E-state index is -0.132. The number of furan rings is 1. The molecule has 0 atom stereocenters. The normalized spacial score (nSPS) is 14.2. The second-order valence-electron chi connectivity index (χ2n) is 23.0. The number of aromatic nitrogens is 1. The third-order valence-corrected chi connectivity index (χ3v) is 14.6. The van der Waals surface area contributed by atoms with Crippen molar-refractivity contribution in [1.29, 1.82) is 0 Å². The van der Waals surface area contributed by atoms with E-state index in [4.69, 9.17) is 4.42 Å². The third-order valence-electron chi connectivity index (χ3n) is 14.6. The molecular weight excluding hydrogens is 775 g/mol. The van der Waals surface area contributed by atoms with Gasteiger partial charge in [0.15, 0.2) is 0 Å². The quantitative estimate of drug-likeness (QED) is 0.121. The predicted octanol–water partition coefficient (Wildman–Crippen LogP) is 15.6. The van der Waals surface area contributed by atoms with Crippen LogP contribution >= 0.6 is 0 Å². The maximum atomic E-state index is 7.11. The van der Waals surface area contributed by atoms with E-state index in [1.54, 1.807) is 0 Å². The summed E-state index contributed by atoms with van der Waals surface area (Å²) in [6, 6.07) is 48.9. The van der Waals surface area contributed by atoms with Crippen molar-refractivity contribution in [1.82, 2.24) is 4.48 Å². The van der Waals surface area contributed by atoms with Gasteiger partial charge in [-0.15, -0.1) is 0 Å². The molecule has 2 aliphatic heterocycles. The zero-order valence-corrected chi connectivity index (χ0v) is 39.5. The van der Waals surface area contributed by atoms with E-state index in [9.17, 15) is 0 Å². The Kier molecular flexibility index (Phi) is 7.82. The highest BCUT2D eigenvalue weighted by Gasteiger charge is 2.45. The molecule has 64 heavy (non-hydrogen) atoms. The molecule has 8 aromatic carbocycles. The van der Waals surface area contributed by atoms with Crippen LogP contribution in [0.5, 0.6) is 0 Å². The molecule has 0 aliphatic carbocycles. The van der Waals surface area contributed by atoms with Gasteiger partial charge in [-0.1, -0.05) is 174 Å². The van der Waals surface area contributed by atoms with E-state index >= 15 is 0 Å². The maximum absolute atomic E-state index is 7.11. The second kappa shape index (κ2) is 12.7. The number of para-hydroxylation sites is 3. The third kappa shape index (κ3) is 5.35. The molecule has 0 spiro atoms. The lowest BCUT2D eigenvalue weighted by Crippen LogP contribution is -2.56. The molecule has 0 unspecified atom stereocenters. The van der Waals surface area contributed by atoms with Crippen LogP contribution in [0.1, 0.15) is 105 Å². The van der Waals surface area contributed by atoms with Gasteiger partial charge in [0.2, 0.25) is 0 Å². The zero-order valence-electron chi connectivity index (χ0n) is 39.5. The number of benzene rings is 8. The van der Waals surface area contributed by atoms with Gasteiger partial charge in [-0.05, 0) is 113 Å². The van der Waals surface area contributed by atoms with E-state index in [2.05, 4.69) is 220 Å². The highest BCUT2D eigenvalue weighted by Crippen LogP contribution is 2.52. The van der Waals surface area contributed by atoms with Crippen LogP contribution in [-0.4, -0.2) is 11.3 Å². The van der Waals surface area contributed by atoms with E-state index in [1.807, 2.05) is 0 Å². The molecule has 0 N–H and O–H groups in total. The Morgan fingerprint density at radius 2 is 1.00 bits per heavy atom. The molecule has 0 amide bonds. The molecule has 316 valence electrons. The highest BCUT2D eigenvalue weighted by molar-refractivity contribution is 6.90. The topological polar surface area (TPSA) is 21.3 Å². The predicted molar refractivity (Wildman–Crippen MR) is 277 cm³/mol. The molecule has 0 bridgehead atoms. The fourth-order valence-corrected chi connectivity index (χ4v) is 11.8. The van der Waals surface area contributed by atoms with Crippen molar-refractivity contribution in [2.75, 3.05) is 4.90 Å². The minimum absolute atomic E-state index is 0.0702. The number of nitrogens with zero attached hydrogens (tertiary/aromatic N) is 2. The largest absolute Gasteiger partial charge is 0.455 e. The summed E-state index contributed by atoms with van der Waals surface area (Å²) in [5.41, 5.74) is 18.2. The number of anilines is 3. The number of rotatable bonds is 1. The van der Waals surface area contributed by atoms with E-state index < -0.39 is 0 Å². The fourth-order valence-electron chi connectivity index (χ4n) is 11.8. The van der Waals surface area contributed by atoms with Crippen molar-refractivity contribution >= 4 is 100 Å². The molecule has 2 aliphatic rings. The minimum Gasteiger partial charge on any atom is -0.455 e. The van der Waals surface area contributed by atoms with Crippen molar-refractivity contribution in [3.05, 3.63) is 150 Å². The fraction of sp³-hybridized carbons (Fsp3) is 0.267. The maximum Gasteiger partial charge on any atom is 0.333 e. The first kappa shape index (κ1) is 39.3. The molecule has 0 saturated carbocycles. The van der Waals surface area contributed by atoms with E-state index in [0.29, 0.717) is 0 Å². The Bertz CT molecular complexity index is 3630. The SMILES string of the molecule is CC(C)(C)c1cc(N2c3cc4c(C(C)(C)C)c5ccccc5c(C(C)(C)C)c4cc3B3c4c2cc2c(oc5ccccc52)c4-c2cccc4c5ccccc5n3c24)cc(C(C)(C)C)c1.